The van der Waals surface area contributed by atoms with Gasteiger partial charge in [-0.3, -0.25) is 14.3 Å². The Morgan fingerprint density at radius 2 is 2.26 bits per heavy atom. The lowest BCUT2D eigenvalue weighted by Gasteiger charge is -2.16. The van der Waals surface area contributed by atoms with E-state index in [0.717, 1.165) is 0 Å². The molecule has 0 aromatic carbocycles. The van der Waals surface area contributed by atoms with Crippen LogP contribution in [-0.4, -0.2) is 38.6 Å². The SMILES string of the molecule is N#C[C@@H]1[C@H](O)[C@@H](CO)O[C@H]1n1cc(F)c(=O)[nH]c1=O. The van der Waals surface area contributed by atoms with E-state index in [1.807, 2.05) is 0 Å². The van der Waals surface area contributed by atoms with E-state index in [1.165, 1.54) is 0 Å². The quantitative estimate of drug-likeness (QED) is 0.574. The van der Waals surface area contributed by atoms with E-state index in [0.29, 0.717) is 10.8 Å². The van der Waals surface area contributed by atoms with E-state index >= 15 is 0 Å². The highest BCUT2D eigenvalue weighted by atomic mass is 19.1. The molecule has 0 amide bonds. The van der Waals surface area contributed by atoms with Gasteiger partial charge in [0.25, 0.3) is 5.56 Å². The Balaban J connectivity index is 2.48. The molecule has 1 aliphatic heterocycles. The first-order valence-corrected chi connectivity index (χ1v) is 5.34. The molecule has 102 valence electrons. The summed E-state index contributed by atoms with van der Waals surface area (Å²) in [5.74, 6) is -2.39. The van der Waals surface area contributed by atoms with Crippen molar-refractivity contribution < 1.29 is 19.3 Å². The molecule has 1 aromatic rings. The van der Waals surface area contributed by atoms with E-state index in [-0.39, 0.29) is 0 Å². The molecule has 4 atom stereocenters. The minimum atomic E-state index is -1.32. The average Bonchev–Trinajstić information content (AvgIpc) is 2.70. The zero-order chi connectivity index (χ0) is 14.2. The van der Waals surface area contributed by atoms with Crippen LogP contribution in [0.2, 0.25) is 0 Å². The standard InChI is InChI=1S/C10H10FN3O5/c11-5-2-14(10(18)13-8(5)17)9-4(1-12)7(16)6(3-15)19-9/h2,4,6-7,9,15-16H,3H2,(H,13,17,18)/t4-,6-,7+,9-/m1/s1. The van der Waals surface area contributed by atoms with Crippen LogP contribution < -0.4 is 11.2 Å². The van der Waals surface area contributed by atoms with E-state index in [2.05, 4.69) is 0 Å². The van der Waals surface area contributed by atoms with Crippen LogP contribution in [0.25, 0.3) is 0 Å². The highest BCUT2D eigenvalue weighted by molar-refractivity contribution is 5.02. The van der Waals surface area contributed by atoms with Gasteiger partial charge in [-0.2, -0.15) is 9.65 Å². The van der Waals surface area contributed by atoms with Crippen molar-refractivity contribution in [2.75, 3.05) is 6.61 Å². The molecule has 0 unspecified atom stereocenters. The van der Waals surface area contributed by atoms with Crippen LogP contribution in [0, 0.1) is 23.1 Å². The van der Waals surface area contributed by atoms with Gasteiger partial charge in [-0.05, 0) is 0 Å². The van der Waals surface area contributed by atoms with Gasteiger partial charge in [0.1, 0.15) is 18.1 Å². The second-order valence-corrected chi connectivity index (χ2v) is 4.04. The molecule has 1 aromatic heterocycles. The van der Waals surface area contributed by atoms with Gasteiger partial charge < -0.3 is 14.9 Å². The smallest absolute Gasteiger partial charge is 0.330 e. The van der Waals surface area contributed by atoms with Gasteiger partial charge in [-0.15, -0.1) is 0 Å². The molecule has 1 aliphatic rings. The van der Waals surface area contributed by atoms with Crippen LogP contribution in [0.1, 0.15) is 6.23 Å². The Hall–Kier alpha value is -2.02. The summed E-state index contributed by atoms with van der Waals surface area (Å²) < 4.78 is 19.0. The molecular formula is C10H10FN3O5. The molecule has 0 bridgehead atoms. The van der Waals surface area contributed by atoms with Crippen molar-refractivity contribution in [3.8, 4) is 6.07 Å². The second-order valence-electron chi connectivity index (χ2n) is 4.04. The first-order chi connectivity index (χ1) is 8.99. The summed E-state index contributed by atoms with van der Waals surface area (Å²) in [6, 6.07) is 1.73. The maximum Gasteiger partial charge on any atom is 0.330 e. The van der Waals surface area contributed by atoms with Crippen molar-refractivity contribution in [2.45, 2.75) is 18.4 Å². The topological polar surface area (TPSA) is 128 Å². The summed E-state index contributed by atoms with van der Waals surface area (Å²) in [6.45, 7) is -0.559. The number of rotatable bonds is 2. The number of nitrogens with zero attached hydrogens (tertiary/aromatic N) is 2. The van der Waals surface area contributed by atoms with Crippen molar-refractivity contribution in [1.82, 2.24) is 9.55 Å². The summed E-state index contributed by atoms with van der Waals surface area (Å²) in [4.78, 5) is 24.2. The van der Waals surface area contributed by atoms with Gasteiger partial charge in [0, 0.05) is 0 Å². The number of aromatic amines is 1. The fraction of sp³-hybridized carbons (Fsp3) is 0.500. The third-order valence-electron chi connectivity index (χ3n) is 2.90. The summed E-state index contributed by atoms with van der Waals surface area (Å²) in [5.41, 5.74) is -2.16. The highest BCUT2D eigenvalue weighted by Gasteiger charge is 2.45. The molecule has 2 rings (SSSR count). The Kier molecular flexibility index (Phi) is 3.48. The maximum absolute atomic E-state index is 13.2. The largest absolute Gasteiger partial charge is 0.394 e. The van der Waals surface area contributed by atoms with Gasteiger partial charge in [-0.25, -0.2) is 4.79 Å². The molecule has 1 saturated heterocycles. The van der Waals surface area contributed by atoms with Gasteiger partial charge in [0.05, 0.1) is 18.9 Å². The van der Waals surface area contributed by atoms with Crippen LogP contribution >= 0.6 is 0 Å². The van der Waals surface area contributed by atoms with Crippen LogP contribution in [0.5, 0.6) is 0 Å². The zero-order valence-electron chi connectivity index (χ0n) is 9.49. The second kappa shape index (κ2) is 4.93. The summed E-state index contributed by atoms with van der Waals surface area (Å²) in [6.07, 6.45) is -3.06. The summed E-state index contributed by atoms with van der Waals surface area (Å²) >= 11 is 0. The van der Waals surface area contributed by atoms with Crippen molar-refractivity contribution in [3.05, 3.63) is 32.9 Å². The number of aromatic nitrogens is 2. The number of nitrogens with one attached hydrogen (secondary N) is 1. The number of hydrogen-bond donors (Lipinski definition) is 3. The van der Waals surface area contributed by atoms with Crippen LogP contribution in [0.3, 0.4) is 0 Å². The minimum Gasteiger partial charge on any atom is -0.394 e. The molecule has 0 saturated carbocycles. The van der Waals surface area contributed by atoms with Crippen molar-refractivity contribution in [2.24, 2.45) is 5.92 Å². The first-order valence-electron chi connectivity index (χ1n) is 5.34. The van der Waals surface area contributed by atoms with Crippen molar-refractivity contribution >= 4 is 0 Å². The van der Waals surface area contributed by atoms with E-state index in [1.54, 1.807) is 11.1 Å². The fourth-order valence-electron chi connectivity index (χ4n) is 1.92. The van der Waals surface area contributed by atoms with E-state index in [9.17, 15) is 19.1 Å². The number of H-pyrrole nitrogens is 1. The number of aliphatic hydroxyl groups excluding tert-OH is 2. The lowest BCUT2D eigenvalue weighted by atomic mass is 10.0. The zero-order valence-corrected chi connectivity index (χ0v) is 9.49. The number of aliphatic hydroxyl groups is 2. The van der Waals surface area contributed by atoms with Crippen molar-refractivity contribution in [1.29, 1.82) is 5.26 Å². The molecule has 2 heterocycles. The molecule has 8 nitrogen and oxygen atoms in total. The Labute approximate surface area is 105 Å². The molecular weight excluding hydrogens is 261 g/mol. The third-order valence-corrected chi connectivity index (χ3v) is 2.90. The van der Waals surface area contributed by atoms with Gasteiger partial charge in [0.2, 0.25) is 5.82 Å². The minimum absolute atomic E-state index is 0.559. The van der Waals surface area contributed by atoms with E-state index < -0.39 is 48.0 Å². The van der Waals surface area contributed by atoms with Gasteiger partial charge >= 0.3 is 5.69 Å². The molecule has 0 spiro atoms. The van der Waals surface area contributed by atoms with Crippen LogP contribution in [0.15, 0.2) is 15.8 Å². The molecule has 1 fully saturated rings. The number of ether oxygens (including phenoxy) is 1. The van der Waals surface area contributed by atoms with Crippen LogP contribution in [0.4, 0.5) is 4.39 Å². The predicted molar refractivity (Wildman–Crippen MR) is 57.4 cm³/mol. The van der Waals surface area contributed by atoms with Gasteiger partial charge in [0.15, 0.2) is 6.23 Å². The Bertz CT molecular complexity index is 633. The number of halogens is 1. The highest BCUT2D eigenvalue weighted by Crippen LogP contribution is 2.33. The predicted octanol–water partition coefficient (Wildman–Crippen LogP) is -1.93. The van der Waals surface area contributed by atoms with Crippen LogP contribution in [-0.2, 0) is 4.74 Å². The maximum atomic E-state index is 13.2. The Morgan fingerprint density at radius 3 is 2.84 bits per heavy atom. The monoisotopic (exact) mass is 271 g/mol. The number of nitriles is 1. The molecule has 9 heteroatoms. The fourth-order valence-corrected chi connectivity index (χ4v) is 1.92. The van der Waals surface area contributed by atoms with Crippen molar-refractivity contribution in [3.63, 3.8) is 0 Å². The molecule has 0 aliphatic carbocycles. The van der Waals surface area contributed by atoms with E-state index in [4.69, 9.17) is 15.1 Å². The lowest BCUT2D eigenvalue weighted by molar-refractivity contribution is -0.0473. The summed E-state index contributed by atoms with van der Waals surface area (Å²) in [5, 5.41) is 27.6. The first kappa shape index (κ1) is 13.4. The lowest BCUT2D eigenvalue weighted by Crippen LogP contribution is -2.36. The number of hydrogen-bond acceptors (Lipinski definition) is 6. The molecule has 0 radical (unpaired) electrons. The summed E-state index contributed by atoms with van der Waals surface area (Å²) in [7, 11) is 0. The normalized spacial score (nSPS) is 30.2. The van der Waals surface area contributed by atoms with Gasteiger partial charge in [-0.1, -0.05) is 0 Å². The molecule has 3 N–H and O–H groups in total. The average molecular weight is 271 g/mol. The molecule has 19 heavy (non-hydrogen) atoms. The third kappa shape index (κ3) is 2.17. The Morgan fingerprint density at radius 1 is 1.58 bits per heavy atom.